The van der Waals surface area contributed by atoms with E-state index in [2.05, 4.69) is 26.3 Å². The number of methoxy groups -OCH3 is 1. The van der Waals surface area contributed by atoms with E-state index in [9.17, 15) is 28.7 Å². The fourth-order valence-corrected chi connectivity index (χ4v) is 5.53. The molecule has 236 valence electrons. The minimum Gasteiger partial charge on any atom is -0.507 e. The Labute approximate surface area is 270 Å². The number of hydrogen-bond acceptors (Lipinski definition) is 6. The highest BCUT2D eigenvalue weighted by Crippen LogP contribution is 2.38. The van der Waals surface area contributed by atoms with Gasteiger partial charge in [0, 0.05) is 32.8 Å². The van der Waals surface area contributed by atoms with Crippen LogP contribution >= 0.6 is 11.6 Å². The highest BCUT2D eigenvalue weighted by Gasteiger charge is 2.21. The lowest BCUT2D eigenvalue weighted by atomic mass is 9.97. The van der Waals surface area contributed by atoms with Crippen LogP contribution in [-0.4, -0.2) is 41.1 Å². The maximum Gasteiger partial charge on any atom is 0.326 e. The van der Waals surface area contributed by atoms with Crippen molar-refractivity contribution in [2.75, 3.05) is 17.7 Å². The number of amides is 6. The van der Waals surface area contributed by atoms with Crippen molar-refractivity contribution in [1.29, 1.82) is 0 Å². The van der Waals surface area contributed by atoms with Crippen molar-refractivity contribution in [2.45, 2.75) is 6.92 Å². The average Bonchev–Trinajstić information content (AvgIpc) is 3.41. The molecule has 0 atom stereocenters. The number of benzene rings is 5. The first-order chi connectivity index (χ1) is 22.5. The first kappa shape index (κ1) is 30.9. The number of fused-ring (bicyclic) bond motifs is 5. The van der Waals surface area contributed by atoms with E-state index < -0.39 is 23.9 Å². The number of rotatable bonds is 5. The molecule has 0 bridgehead atoms. The molecule has 0 unspecified atom stereocenters. The van der Waals surface area contributed by atoms with E-state index in [1.165, 1.54) is 43.5 Å². The second kappa shape index (κ2) is 12.3. The molecule has 0 saturated carbocycles. The number of aromatic hydroxyl groups is 1. The molecule has 0 aliphatic heterocycles. The summed E-state index contributed by atoms with van der Waals surface area (Å²) in [7, 11) is 1.31. The summed E-state index contributed by atoms with van der Waals surface area (Å²) in [6.45, 7) is 1.64. The lowest BCUT2D eigenvalue weighted by molar-refractivity contribution is 0.0956. The largest absolute Gasteiger partial charge is 0.507 e. The zero-order chi connectivity index (χ0) is 33.4. The molecule has 47 heavy (non-hydrogen) atoms. The SMILES string of the molecule is COc1cc(C(=O)NC(=O)Nc2ccccc2Cl)ccc1NC(=O)NC(=O)c1cc2ccc3c4cc(F)ccc4[nH]c3c2c(C)c1O. The number of aromatic amines is 1. The number of ether oxygens (including phenoxy) is 1. The summed E-state index contributed by atoms with van der Waals surface area (Å²) in [5.74, 6) is -2.26. The molecule has 6 rings (SSSR count). The normalized spacial score (nSPS) is 11.0. The molecule has 1 heterocycles. The lowest BCUT2D eigenvalue weighted by Crippen LogP contribution is -2.35. The minimum absolute atomic E-state index is 0.0453. The average molecular weight is 654 g/mol. The van der Waals surface area contributed by atoms with Gasteiger partial charge in [-0.1, -0.05) is 35.9 Å². The number of phenolic OH excluding ortho intramolecular Hbond substituents is 1. The van der Waals surface area contributed by atoms with Crippen LogP contribution in [0.3, 0.4) is 0 Å². The first-order valence-corrected chi connectivity index (χ1v) is 14.4. The van der Waals surface area contributed by atoms with Crippen molar-refractivity contribution in [1.82, 2.24) is 15.6 Å². The second-order valence-corrected chi connectivity index (χ2v) is 10.9. The van der Waals surface area contributed by atoms with Gasteiger partial charge in [-0.15, -0.1) is 0 Å². The van der Waals surface area contributed by atoms with E-state index in [0.29, 0.717) is 43.5 Å². The summed E-state index contributed by atoms with van der Waals surface area (Å²) in [4.78, 5) is 54.2. The zero-order valence-electron chi connectivity index (χ0n) is 24.7. The van der Waals surface area contributed by atoms with E-state index in [1.807, 2.05) is 0 Å². The van der Waals surface area contributed by atoms with Gasteiger partial charge in [-0.3, -0.25) is 20.2 Å². The van der Waals surface area contributed by atoms with Crippen LogP contribution in [0.15, 0.2) is 78.9 Å². The highest BCUT2D eigenvalue weighted by molar-refractivity contribution is 6.33. The molecule has 1 aromatic heterocycles. The predicted molar refractivity (Wildman–Crippen MR) is 177 cm³/mol. The van der Waals surface area contributed by atoms with Gasteiger partial charge in [0.05, 0.1) is 34.6 Å². The van der Waals surface area contributed by atoms with Crippen molar-refractivity contribution in [3.8, 4) is 11.5 Å². The van der Waals surface area contributed by atoms with E-state index in [1.54, 1.807) is 49.4 Å². The van der Waals surface area contributed by atoms with E-state index in [-0.39, 0.29) is 34.1 Å². The van der Waals surface area contributed by atoms with Gasteiger partial charge in [0.25, 0.3) is 11.8 Å². The number of aromatic nitrogens is 1. The highest BCUT2D eigenvalue weighted by atomic mass is 35.5. The van der Waals surface area contributed by atoms with E-state index >= 15 is 0 Å². The number of aryl methyl sites for hydroxylation is 1. The first-order valence-electron chi connectivity index (χ1n) is 14.1. The van der Waals surface area contributed by atoms with Gasteiger partial charge in [0.1, 0.15) is 17.3 Å². The van der Waals surface area contributed by atoms with Gasteiger partial charge < -0.3 is 25.5 Å². The Kier molecular flexibility index (Phi) is 8.10. The number of halogens is 2. The molecular formula is C34H25ClFN5O6. The third-order valence-corrected chi connectivity index (χ3v) is 7.92. The standard InChI is InChI=1S/C34H25ClFN5O6/c1-16-28-17(7-10-20-21-15-19(36)9-12-24(21)37-29(20)28)13-22(30(16)42)32(44)41-34(46)39-26-11-8-18(14-27(26)47-2)31(43)40-33(45)38-25-6-4-3-5-23(25)35/h3-15,37,42H,1-2H3,(H2,38,40,43,45)(H2,39,41,44,46). The number of carbonyl (C=O) groups excluding carboxylic acids is 4. The Balaban J connectivity index is 1.17. The fourth-order valence-electron chi connectivity index (χ4n) is 5.35. The number of imide groups is 2. The summed E-state index contributed by atoms with van der Waals surface area (Å²) < 4.78 is 19.2. The molecular weight excluding hydrogens is 629 g/mol. The van der Waals surface area contributed by atoms with Crippen LogP contribution in [0.1, 0.15) is 26.3 Å². The maximum atomic E-state index is 13.9. The molecule has 6 amide bonds. The van der Waals surface area contributed by atoms with Crippen LogP contribution in [0.25, 0.3) is 32.6 Å². The fraction of sp³-hybridized carbons (Fsp3) is 0.0588. The zero-order valence-corrected chi connectivity index (χ0v) is 25.5. The van der Waals surface area contributed by atoms with Gasteiger partial charge in [-0.05, 0) is 66.9 Å². The number of phenols is 1. The smallest absolute Gasteiger partial charge is 0.326 e. The topological polar surface area (TPSA) is 162 Å². The Morgan fingerprint density at radius 1 is 0.830 bits per heavy atom. The molecule has 0 spiro atoms. The van der Waals surface area contributed by atoms with Crippen molar-refractivity contribution in [2.24, 2.45) is 0 Å². The third kappa shape index (κ3) is 5.97. The van der Waals surface area contributed by atoms with Gasteiger partial charge >= 0.3 is 12.1 Å². The van der Waals surface area contributed by atoms with Crippen molar-refractivity contribution in [3.05, 3.63) is 106 Å². The van der Waals surface area contributed by atoms with Crippen molar-refractivity contribution in [3.63, 3.8) is 0 Å². The quantitative estimate of drug-likeness (QED) is 0.115. The van der Waals surface area contributed by atoms with Crippen LogP contribution in [-0.2, 0) is 0 Å². The van der Waals surface area contributed by atoms with Crippen LogP contribution in [0.5, 0.6) is 11.5 Å². The second-order valence-electron chi connectivity index (χ2n) is 10.5. The summed E-state index contributed by atoms with van der Waals surface area (Å²) in [5, 5.41) is 23.3. The Morgan fingerprint density at radius 2 is 1.55 bits per heavy atom. The maximum absolute atomic E-state index is 13.9. The molecule has 5 aromatic carbocycles. The number of nitrogens with one attached hydrogen (secondary N) is 5. The number of anilines is 2. The van der Waals surface area contributed by atoms with Crippen LogP contribution in [0, 0.1) is 12.7 Å². The van der Waals surface area contributed by atoms with E-state index in [4.69, 9.17) is 16.3 Å². The van der Waals surface area contributed by atoms with Crippen molar-refractivity contribution >= 4 is 79.4 Å². The third-order valence-electron chi connectivity index (χ3n) is 7.59. The van der Waals surface area contributed by atoms with E-state index in [0.717, 1.165) is 5.39 Å². The van der Waals surface area contributed by atoms with Crippen molar-refractivity contribution < 1.29 is 33.4 Å². The lowest BCUT2D eigenvalue weighted by Gasteiger charge is -2.14. The molecule has 0 aliphatic carbocycles. The molecule has 0 radical (unpaired) electrons. The monoisotopic (exact) mass is 653 g/mol. The summed E-state index contributed by atoms with van der Waals surface area (Å²) in [6.07, 6.45) is 0. The number of H-pyrrole nitrogens is 1. The summed E-state index contributed by atoms with van der Waals surface area (Å²) in [6, 6.07) is 18.2. The van der Waals surface area contributed by atoms with Crippen LogP contribution in [0.2, 0.25) is 5.02 Å². The molecule has 6 N–H and O–H groups in total. The van der Waals surface area contributed by atoms with Gasteiger partial charge in [-0.2, -0.15) is 0 Å². The van der Waals surface area contributed by atoms with Crippen LogP contribution < -0.4 is 26.0 Å². The number of urea groups is 2. The number of para-hydroxylation sites is 1. The molecule has 0 aliphatic rings. The minimum atomic E-state index is -0.935. The Bertz CT molecular complexity index is 2290. The van der Waals surface area contributed by atoms with Crippen LogP contribution in [0.4, 0.5) is 25.4 Å². The van der Waals surface area contributed by atoms with Gasteiger partial charge in [0.2, 0.25) is 0 Å². The molecule has 0 saturated heterocycles. The molecule has 13 heteroatoms. The molecule has 0 fully saturated rings. The Hall–Kier alpha value is -6.14. The van der Waals surface area contributed by atoms with Gasteiger partial charge in [0.15, 0.2) is 0 Å². The molecule has 11 nitrogen and oxygen atoms in total. The predicted octanol–water partition coefficient (Wildman–Crippen LogP) is 7.21. The Morgan fingerprint density at radius 3 is 2.30 bits per heavy atom. The number of hydrogen-bond donors (Lipinski definition) is 6. The molecule has 6 aromatic rings. The summed E-state index contributed by atoms with van der Waals surface area (Å²) >= 11 is 6.03. The van der Waals surface area contributed by atoms with Gasteiger partial charge in [-0.25, -0.2) is 14.0 Å². The summed E-state index contributed by atoms with van der Waals surface area (Å²) in [5.41, 5.74) is 2.12. The number of carbonyl (C=O) groups is 4.